The first kappa shape index (κ1) is 21.3. The Morgan fingerprint density at radius 1 is 1.17 bits per heavy atom. The number of likely N-dealkylation sites (tertiary alicyclic amines) is 1. The van der Waals surface area contributed by atoms with Gasteiger partial charge in [0.15, 0.2) is 0 Å². The average Bonchev–Trinajstić information content (AvgIpc) is 2.71. The molecule has 154 valence electrons. The number of aliphatic hydroxyl groups is 1. The number of carbonyl (C=O) groups excluding carboxylic acids is 1. The number of aliphatic carboxylic acids is 1. The number of hydrogen-bond acceptors (Lipinski definition) is 3. The summed E-state index contributed by atoms with van der Waals surface area (Å²) in [5, 5.41) is 21.1. The molecule has 0 aromatic heterocycles. The van der Waals surface area contributed by atoms with E-state index in [-0.39, 0.29) is 18.9 Å². The van der Waals surface area contributed by atoms with Crippen LogP contribution in [0.5, 0.6) is 0 Å². The summed E-state index contributed by atoms with van der Waals surface area (Å²) in [4.78, 5) is 26.9. The molecule has 2 aromatic rings. The van der Waals surface area contributed by atoms with Crippen molar-refractivity contribution < 1.29 is 19.8 Å². The van der Waals surface area contributed by atoms with Crippen molar-refractivity contribution in [3.05, 3.63) is 70.2 Å². The Balaban J connectivity index is 1.78. The van der Waals surface area contributed by atoms with Gasteiger partial charge in [-0.1, -0.05) is 48.0 Å². The molecule has 1 saturated heterocycles. The van der Waals surface area contributed by atoms with Gasteiger partial charge < -0.3 is 15.1 Å². The minimum Gasteiger partial charge on any atom is -0.481 e. The standard InChI is InChI=1S/C23H26ClNO4/c1-16-18(10-5-11-19(16)24)21(27)25-14-12-20(26)23(15-25,22(28)29)13-6-9-17-7-3-2-4-8-17/h2-5,7-8,10-11,20,26H,6,9,12-15H2,1H3,(H,28,29)/t20-,23-/m1/s1. The molecule has 2 aromatic carbocycles. The minimum absolute atomic E-state index is 0.0108. The second-order valence-electron chi connectivity index (χ2n) is 7.74. The normalized spacial score (nSPS) is 21.8. The van der Waals surface area contributed by atoms with Gasteiger partial charge in [-0.3, -0.25) is 9.59 Å². The molecule has 5 nitrogen and oxygen atoms in total. The Morgan fingerprint density at radius 3 is 2.59 bits per heavy atom. The predicted molar refractivity (Wildman–Crippen MR) is 112 cm³/mol. The van der Waals surface area contributed by atoms with Gasteiger partial charge in [0.25, 0.3) is 5.91 Å². The van der Waals surface area contributed by atoms with Gasteiger partial charge in [-0.25, -0.2) is 0 Å². The van der Waals surface area contributed by atoms with Crippen LogP contribution < -0.4 is 0 Å². The van der Waals surface area contributed by atoms with Crippen LogP contribution in [-0.2, 0) is 11.2 Å². The molecule has 6 heteroatoms. The molecule has 1 heterocycles. The minimum atomic E-state index is -1.37. The van der Waals surface area contributed by atoms with E-state index in [9.17, 15) is 19.8 Å². The number of rotatable bonds is 6. The van der Waals surface area contributed by atoms with Crippen molar-refractivity contribution in [2.75, 3.05) is 13.1 Å². The molecule has 2 atom stereocenters. The zero-order chi connectivity index (χ0) is 21.0. The van der Waals surface area contributed by atoms with Crippen molar-refractivity contribution in [1.82, 2.24) is 4.90 Å². The van der Waals surface area contributed by atoms with Crippen LogP contribution in [0.25, 0.3) is 0 Å². The summed E-state index contributed by atoms with van der Waals surface area (Å²) in [5.74, 6) is -1.30. The Labute approximate surface area is 175 Å². The van der Waals surface area contributed by atoms with E-state index in [4.69, 9.17) is 11.6 Å². The van der Waals surface area contributed by atoms with Crippen LogP contribution in [0, 0.1) is 12.3 Å². The number of hydrogen-bond donors (Lipinski definition) is 2. The topological polar surface area (TPSA) is 77.8 Å². The van der Waals surface area contributed by atoms with Gasteiger partial charge in [0.2, 0.25) is 0 Å². The number of carbonyl (C=O) groups is 2. The first-order valence-corrected chi connectivity index (χ1v) is 10.2. The number of aliphatic hydroxyl groups excluding tert-OH is 1. The second kappa shape index (κ2) is 8.97. The highest BCUT2D eigenvalue weighted by atomic mass is 35.5. The highest BCUT2D eigenvalue weighted by Gasteiger charge is 2.49. The molecule has 0 bridgehead atoms. The van der Waals surface area contributed by atoms with Gasteiger partial charge in [0.1, 0.15) is 5.41 Å². The number of nitrogens with zero attached hydrogens (tertiary/aromatic N) is 1. The zero-order valence-corrected chi connectivity index (χ0v) is 17.2. The number of amides is 1. The Kier molecular flexibility index (Phi) is 6.60. The molecule has 2 N–H and O–H groups in total. The molecular weight excluding hydrogens is 390 g/mol. The lowest BCUT2D eigenvalue weighted by atomic mass is 9.73. The van der Waals surface area contributed by atoms with Crippen molar-refractivity contribution in [1.29, 1.82) is 0 Å². The molecule has 3 rings (SSSR count). The monoisotopic (exact) mass is 415 g/mol. The fraction of sp³-hybridized carbons (Fsp3) is 0.391. The molecule has 0 radical (unpaired) electrons. The number of piperidine rings is 1. The number of aryl methyl sites for hydroxylation is 1. The van der Waals surface area contributed by atoms with Crippen LogP contribution >= 0.6 is 11.6 Å². The summed E-state index contributed by atoms with van der Waals surface area (Å²) in [6, 6.07) is 15.0. The van der Waals surface area contributed by atoms with Crippen molar-refractivity contribution in [2.24, 2.45) is 5.41 Å². The SMILES string of the molecule is Cc1c(Cl)cccc1C(=O)N1CC[C@@H](O)[C@](CCCc2ccccc2)(C(=O)O)C1. The Hall–Kier alpha value is -2.37. The van der Waals surface area contributed by atoms with E-state index in [1.165, 1.54) is 0 Å². The maximum atomic E-state index is 13.1. The van der Waals surface area contributed by atoms with E-state index in [1.807, 2.05) is 30.3 Å². The molecular formula is C23H26ClNO4. The third kappa shape index (κ3) is 4.46. The smallest absolute Gasteiger partial charge is 0.314 e. The van der Waals surface area contributed by atoms with Crippen LogP contribution in [0.2, 0.25) is 5.02 Å². The van der Waals surface area contributed by atoms with E-state index < -0.39 is 17.5 Å². The fourth-order valence-corrected chi connectivity index (χ4v) is 4.25. The molecule has 0 aliphatic carbocycles. The van der Waals surface area contributed by atoms with Crippen LogP contribution in [0.1, 0.15) is 40.7 Å². The van der Waals surface area contributed by atoms with Gasteiger partial charge in [-0.2, -0.15) is 0 Å². The van der Waals surface area contributed by atoms with E-state index in [0.717, 1.165) is 12.0 Å². The fourth-order valence-electron chi connectivity index (χ4n) is 4.08. The van der Waals surface area contributed by atoms with Gasteiger partial charge >= 0.3 is 5.97 Å². The molecule has 1 fully saturated rings. The summed E-state index contributed by atoms with van der Waals surface area (Å²) in [7, 11) is 0. The highest BCUT2D eigenvalue weighted by Crippen LogP contribution is 2.37. The maximum Gasteiger partial charge on any atom is 0.314 e. The van der Waals surface area contributed by atoms with Crippen molar-refractivity contribution in [3.8, 4) is 0 Å². The van der Waals surface area contributed by atoms with E-state index in [0.29, 0.717) is 35.5 Å². The highest BCUT2D eigenvalue weighted by molar-refractivity contribution is 6.31. The lowest BCUT2D eigenvalue weighted by molar-refractivity contribution is -0.162. The second-order valence-corrected chi connectivity index (χ2v) is 8.15. The first-order valence-electron chi connectivity index (χ1n) is 9.85. The largest absolute Gasteiger partial charge is 0.481 e. The summed E-state index contributed by atoms with van der Waals surface area (Å²) < 4.78 is 0. The zero-order valence-electron chi connectivity index (χ0n) is 16.5. The third-order valence-corrected chi connectivity index (χ3v) is 6.34. The van der Waals surface area contributed by atoms with Crippen molar-refractivity contribution in [2.45, 2.75) is 38.7 Å². The number of carboxylic acids is 1. The van der Waals surface area contributed by atoms with E-state index in [1.54, 1.807) is 30.0 Å². The summed E-state index contributed by atoms with van der Waals surface area (Å²) in [5.41, 5.74) is 0.906. The molecule has 0 unspecified atom stereocenters. The quantitative estimate of drug-likeness (QED) is 0.748. The first-order chi connectivity index (χ1) is 13.8. The summed E-state index contributed by atoms with van der Waals surface area (Å²) in [6.45, 7) is 2.08. The van der Waals surface area contributed by atoms with Crippen LogP contribution in [0.3, 0.4) is 0 Å². The molecule has 0 saturated carbocycles. The lowest BCUT2D eigenvalue weighted by Crippen LogP contribution is -2.57. The molecule has 0 spiro atoms. The average molecular weight is 416 g/mol. The molecule has 1 amide bonds. The summed E-state index contributed by atoms with van der Waals surface area (Å²) >= 11 is 6.15. The molecule has 1 aliphatic heterocycles. The van der Waals surface area contributed by atoms with Gasteiger partial charge in [0.05, 0.1) is 6.10 Å². The lowest BCUT2D eigenvalue weighted by Gasteiger charge is -2.43. The number of halogens is 1. The maximum absolute atomic E-state index is 13.1. The molecule has 1 aliphatic rings. The Bertz CT molecular complexity index is 886. The van der Waals surface area contributed by atoms with Crippen molar-refractivity contribution >= 4 is 23.5 Å². The summed E-state index contributed by atoms with van der Waals surface area (Å²) in [6.07, 6.45) is 0.898. The number of benzene rings is 2. The third-order valence-electron chi connectivity index (χ3n) is 5.93. The van der Waals surface area contributed by atoms with Gasteiger partial charge in [-0.05, 0) is 55.9 Å². The number of carboxylic acid groups (broad SMARTS) is 1. The van der Waals surface area contributed by atoms with Crippen LogP contribution in [0.4, 0.5) is 0 Å². The molecule has 29 heavy (non-hydrogen) atoms. The van der Waals surface area contributed by atoms with Gasteiger partial charge in [0, 0.05) is 23.7 Å². The van der Waals surface area contributed by atoms with Crippen LogP contribution in [0.15, 0.2) is 48.5 Å². The van der Waals surface area contributed by atoms with Crippen LogP contribution in [-0.4, -0.2) is 46.2 Å². The van der Waals surface area contributed by atoms with E-state index in [2.05, 4.69) is 0 Å². The predicted octanol–water partition coefficient (Wildman–Crippen LogP) is 3.95. The van der Waals surface area contributed by atoms with Gasteiger partial charge in [-0.15, -0.1) is 0 Å². The Morgan fingerprint density at radius 2 is 1.90 bits per heavy atom. The van der Waals surface area contributed by atoms with E-state index >= 15 is 0 Å². The van der Waals surface area contributed by atoms with Crippen molar-refractivity contribution in [3.63, 3.8) is 0 Å².